The third-order valence-electron chi connectivity index (χ3n) is 3.64. The highest BCUT2D eigenvalue weighted by Crippen LogP contribution is 2.39. The molecule has 0 aromatic heterocycles. The Morgan fingerprint density at radius 3 is 2.05 bits per heavy atom. The Labute approximate surface area is 123 Å². The van der Waals surface area contributed by atoms with E-state index >= 15 is 0 Å². The summed E-state index contributed by atoms with van der Waals surface area (Å²) >= 11 is 0. The van der Waals surface area contributed by atoms with Crippen LogP contribution in [0.3, 0.4) is 0 Å². The molecule has 2 atom stereocenters. The molecule has 1 unspecified atom stereocenters. The zero-order valence-electron chi connectivity index (χ0n) is 14.0. The van der Waals surface area contributed by atoms with Crippen LogP contribution >= 0.6 is 0 Å². The molecule has 0 saturated carbocycles. The third-order valence-corrected chi connectivity index (χ3v) is 8.10. The number of ether oxygens (including phenoxy) is 2. The average molecular weight is 303 g/mol. The Balaban J connectivity index is 2.32. The molecule has 5 nitrogen and oxygen atoms in total. The maximum Gasteiger partial charge on any atom is 0.409 e. The fourth-order valence-electron chi connectivity index (χ4n) is 1.43. The highest BCUT2D eigenvalue weighted by molar-refractivity contribution is 6.74. The van der Waals surface area contributed by atoms with Crippen molar-refractivity contribution in [2.24, 2.45) is 0 Å². The molecule has 20 heavy (non-hydrogen) atoms. The van der Waals surface area contributed by atoms with E-state index in [1.54, 1.807) is 0 Å². The van der Waals surface area contributed by atoms with Crippen LogP contribution in [0.15, 0.2) is 0 Å². The summed E-state index contributed by atoms with van der Waals surface area (Å²) in [6, 6.07) is 0. The van der Waals surface area contributed by atoms with E-state index in [1.807, 2.05) is 20.8 Å². The van der Waals surface area contributed by atoms with Crippen molar-refractivity contribution in [2.45, 2.75) is 84.2 Å². The number of amides is 1. The van der Waals surface area contributed by atoms with Gasteiger partial charge in [0.2, 0.25) is 6.29 Å². The number of alkyl carbamates (subject to hydrolysis) is 1. The van der Waals surface area contributed by atoms with Gasteiger partial charge in [0, 0.05) is 5.54 Å². The molecule has 0 aliphatic carbocycles. The van der Waals surface area contributed by atoms with Gasteiger partial charge in [-0.3, -0.25) is 0 Å². The first-order valence-corrected chi connectivity index (χ1v) is 10.0. The fourth-order valence-corrected chi connectivity index (χ4v) is 2.59. The van der Waals surface area contributed by atoms with Crippen molar-refractivity contribution in [3.63, 3.8) is 0 Å². The van der Waals surface area contributed by atoms with Gasteiger partial charge in [-0.25, -0.2) is 4.79 Å². The van der Waals surface area contributed by atoms with Crippen LogP contribution < -0.4 is 5.32 Å². The second-order valence-electron chi connectivity index (χ2n) is 7.89. The van der Waals surface area contributed by atoms with Crippen LogP contribution in [0, 0.1) is 0 Å². The summed E-state index contributed by atoms with van der Waals surface area (Å²) in [5.41, 5.74) is -0.308. The average Bonchev–Trinajstić information content (AvgIpc) is 2.08. The Morgan fingerprint density at radius 2 is 1.65 bits per heavy atom. The van der Waals surface area contributed by atoms with Gasteiger partial charge in [0.05, 0.1) is 6.42 Å². The lowest BCUT2D eigenvalue weighted by atomic mass is 10.1. The van der Waals surface area contributed by atoms with E-state index in [2.05, 4.69) is 39.2 Å². The standard InChI is InChI=1S/C14H29NO4Si/c1-13(2,3)15-12(16)18-10-9-11(17-10)19-20(7,8)14(4,5)6/h10-11H,9H2,1-8H3,(H,15,16)/t10?,11-/m0/s1. The summed E-state index contributed by atoms with van der Waals surface area (Å²) in [7, 11) is -1.83. The lowest BCUT2D eigenvalue weighted by Gasteiger charge is -2.44. The maximum atomic E-state index is 11.6. The summed E-state index contributed by atoms with van der Waals surface area (Å²) in [5.74, 6) is 0. The van der Waals surface area contributed by atoms with Crippen molar-refractivity contribution in [3.05, 3.63) is 0 Å². The van der Waals surface area contributed by atoms with Gasteiger partial charge in [0.25, 0.3) is 0 Å². The predicted octanol–water partition coefficient (Wildman–Crippen LogP) is 3.61. The molecule has 0 aromatic carbocycles. The van der Waals surface area contributed by atoms with Gasteiger partial charge in [0.15, 0.2) is 14.6 Å². The summed E-state index contributed by atoms with van der Waals surface area (Å²) in [5, 5.41) is 2.88. The number of hydrogen-bond donors (Lipinski definition) is 1. The lowest BCUT2D eigenvalue weighted by molar-refractivity contribution is -0.295. The van der Waals surface area contributed by atoms with Gasteiger partial charge in [-0.1, -0.05) is 20.8 Å². The summed E-state index contributed by atoms with van der Waals surface area (Å²) in [4.78, 5) is 11.6. The number of carbonyl (C=O) groups excluding carboxylic acids is 1. The molecule has 1 fully saturated rings. The van der Waals surface area contributed by atoms with Gasteiger partial charge in [-0.15, -0.1) is 0 Å². The topological polar surface area (TPSA) is 56.8 Å². The van der Waals surface area contributed by atoms with Crippen LogP contribution in [0.5, 0.6) is 0 Å². The van der Waals surface area contributed by atoms with Gasteiger partial charge >= 0.3 is 6.09 Å². The first-order valence-electron chi connectivity index (χ1n) is 7.12. The van der Waals surface area contributed by atoms with Crippen molar-refractivity contribution in [1.82, 2.24) is 5.32 Å². The van der Waals surface area contributed by atoms with E-state index in [9.17, 15) is 4.79 Å². The fraction of sp³-hybridized carbons (Fsp3) is 0.929. The summed E-state index contributed by atoms with van der Waals surface area (Å²) < 4.78 is 16.7. The van der Waals surface area contributed by atoms with Gasteiger partial charge in [0.1, 0.15) is 0 Å². The van der Waals surface area contributed by atoms with Crippen LogP contribution in [0.2, 0.25) is 18.1 Å². The first-order chi connectivity index (χ1) is 8.80. The second-order valence-corrected chi connectivity index (χ2v) is 12.6. The van der Waals surface area contributed by atoms with Crippen molar-refractivity contribution >= 4 is 14.4 Å². The quantitative estimate of drug-likeness (QED) is 0.809. The van der Waals surface area contributed by atoms with Gasteiger partial charge in [-0.05, 0) is 38.9 Å². The molecule has 0 spiro atoms. The Hall–Kier alpha value is -0.593. The van der Waals surface area contributed by atoms with E-state index < -0.39 is 20.7 Å². The van der Waals surface area contributed by atoms with Crippen LogP contribution in [-0.4, -0.2) is 32.5 Å². The lowest BCUT2D eigenvalue weighted by Crippen LogP contribution is -2.52. The predicted molar refractivity (Wildman–Crippen MR) is 80.9 cm³/mol. The summed E-state index contributed by atoms with van der Waals surface area (Å²) in [6.07, 6.45) is -0.590. The van der Waals surface area contributed by atoms with E-state index in [0.29, 0.717) is 6.42 Å². The highest BCUT2D eigenvalue weighted by atomic mass is 28.4. The normalized spacial score (nSPS) is 24.0. The molecule has 1 saturated heterocycles. The van der Waals surface area contributed by atoms with Crippen LogP contribution in [-0.2, 0) is 13.9 Å². The number of carbonyl (C=O) groups is 1. The van der Waals surface area contributed by atoms with E-state index in [4.69, 9.17) is 13.9 Å². The maximum absolute atomic E-state index is 11.6. The minimum atomic E-state index is -1.83. The first kappa shape index (κ1) is 17.5. The van der Waals surface area contributed by atoms with Crippen LogP contribution in [0.25, 0.3) is 0 Å². The zero-order valence-corrected chi connectivity index (χ0v) is 15.0. The second kappa shape index (κ2) is 5.65. The molecular formula is C14H29NO4Si. The van der Waals surface area contributed by atoms with Gasteiger partial charge < -0.3 is 19.2 Å². The highest BCUT2D eigenvalue weighted by Gasteiger charge is 2.44. The minimum absolute atomic E-state index is 0.145. The Kier molecular flexibility index (Phi) is 4.94. The molecule has 1 rings (SSSR count). The largest absolute Gasteiger partial charge is 0.419 e. The molecule has 118 valence electrons. The Morgan fingerprint density at radius 1 is 1.15 bits per heavy atom. The van der Waals surface area contributed by atoms with Crippen molar-refractivity contribution in [3.8, 4) is 0 Å². The number of rotatable bonds is 3. The smallest absolute Gasteiger partial charge is 0.409 e. The van der Waals surface area contributed by atoms with Crippen molar-refractivity contribution in [1.29, 1.82) is 0 Å². The molecular weight excluding hydrogens is 274 g/mol. The number of nitrogens with one attached hydrogen (secondary N) is 1. The summed E-state index contributed by atoms with van der Waals surface area (Å²) in [6.45, 7) is 16.6. The Bertz CT molecular complexity index is 351. The van der Waals surface area contributed by atoms with E-state index in [0.717, 1.165) is 0 Å². The van der Waals surface area contributed by atoms with Crippen LogP contribution in [0.4, 0.5) is 4.79 Å². The molecule has 0 aromatic rings. The molecule has 1 N–H and O–H groups in total. The molecule has 1 aliphatic rings. The van der Waals surface area contributed by atoms with Crippen molar-refractivity contribution < 1.29 is 18.7 Å². The van der Waals surface area contributed by atoms with Crippen molar-refractivity contribution in [2.75, 3.05) is 0 Å². The monoisotopic (exact) mass is 303 g/mol. The molecule has 0 bridgehead atoms. The van der Waals surface area contributed by atoms with Gasteiger partial charge in [-0.2, -0.15) is 0 Å². The molecule has 1 heterocycles. The third kappa shape index (κ3) is 5.07. The van der Waals surface area contributed by atoms with E-state index in [-0.39, 0.29) is 16.9 Å². The van der Waals surface area contributed by atoms with Crippen LogP contribution in [0.1, 0.15) is 48.0 Å². The minimum Gasteiger partial charge on any atom is -0.419 e. The SMILES string of the molecule is CC(C)(C)NC(=O)OC1C[C@H](O[Si](C)(C)C(C)(C)C)O1. The molecule has 1 amide bonds. The zero-order chi connectivity index (χ0) is 15.8. The molecule has 0 radical (unpaired) electrons. The number of hydrogen-bond acceptors (Lipinski definition) is 4. The molecule has 6 heteroatoms. The van der Waals surface area contributed by atoms with E-state index in [1.165, 1.54) is 0 Å². The molecule has 1 aliphatic heterocycles.